The van der Waals surface area contributed by atoms with Crippen molar-refractivity contribution in [2.24, 2.45) is 5.73 Å². The number of nitrogens with zero attached hydrogens (tertiary/aromatic N) is 3. The summed E-state index contributed by atoms with van der Waals surface area (Å²) in [5.74, 6) is -1.51. The van der Waals surface area contributed by atoms with Crippen molar-refractivity contribution >= 4 is 28.2 Å². The summed E-state index contributed by atoms with van der Waals surface area (Å²) in [6.45, 7) is 3.46. The zero-order valence-corrected chi connectivity index (χ0v) is 19.0. The molecule has 4 aromatic rings. The van der Waals surface area contributed by atoms with Crippen LogP contribution in [0.4, 0.5) is 15.8 Å². The molecule has 0 radical (unpaired) electrons. The first-order valence-electron chi connectivity index (χ1n) is 11.4. The van der Waals surface area contributed by atoms with E-state index in [-0.39, 0.29) is 11.4 Å². The normalized spacial score (nSPS) is 13.9. The monoisotopic (exact) mass is 472 g/mol. The van der Waals surface area contributed by atoms with Crippen molar-refractivity contribution in [2.45, 2.75) is 6.54 Å². The molecule has 3 N–H and O–H groups in total. The van der Waals surface area contributed by atoms with Crippen molar-refractivity contribution in [3.8, 4) is 5.69 Å². The van der Waals surface area contributed by atoms with Crippen molar-refractivity contribution in [3.05, 3.63) is 100 Å². The average molecular weight is 473 g/mol. The fraction of sp³-hybridized carbons (Fsp3) is 0.185. The summed E-state index contributed by atoms with van der Waals surface area (Å²) in [5.41, 5.74) is 9.21. The third kappa shape index (κ3) is 4.36. The molecule has 178 valence electrons. The number of rotatable bonds is 5. The Hall–Kier alpha value is -4.17. The molecule has 35 heavy (non-hydrogen) atoms. The van der Waals surface area contributed by atoms with Crippen molar-refractivity contribution in [1.82, 2.24) is 4.57 Å². The van der Waals surface area contributed by atoms with Gasteiger partial charge in [-0.3, -0.25) is 4.79 Å². The Bertz CT molecular complexity index is 1440. The first-order valence-corrected chi connectivity index (χ1v) is 11.4. The van der Waals surface area contributed by atoms with Gasteiger partial charge in [0.2, 0.25) is 5.43 Å². The lowest BCUT2D eigenvalue weighted by Crippen LogP contribution is -2.46. The number of halogens is 1. The average Bonchev–Trinajstić information content (AvgIpc) is 2.89. The highest BCUT2D eigenvalue weighted by Crippen LogP contribution is 2.26. The Morgan fingerprint density at radius 1 is 0.857 bits per heavy atom. The number of aromatic carboxylic acids is 1. The predicted molar refractivity (Wildman–Crippen MR) is 135 cm³/mol. The topological polar surface area (TPSA) is 91.8 Å². The number of pyridine rings is 1. The van der Waals surface area contributed by atoms with Crippen LogP contribution in [0.3, 0.4) is 0 Å². The molecule has 0 amide bonds. The number of nitrogens with two attached hydrogens (primary N) is 1. The third-order valence-corrected chi connectivity index (χ3v) is 6.51. The first kappa shape index (κ1) is 22.6. The second kappa shape index (κ2) is 9.23. The molecular formula is C27H25FN4O3. The van der Waals surface area contributed by atoms with Gasteiger partial charge in [0, 0.05) is 61.4 Å². The van der Waals surface area contributed by atoms with E-state index < -0.39 is 11.4 Å². The summed E-state index contributed by atoms with van der Waals surface area (Å²) in [5, 5.41) is 9.96. The summed E-state index contributed by atoms with van der Waals surface area (Å²) in [6, 6.07) is 19.5. The Morgan fingerprint density at radius 3 is 2.03 bits per heavy atom. The van der Waals surface area contributed by atoms with Crippen LogP contribution in [-0.4, -0.2) is 41.8 Å². The second-order valence-corrected chi connectivity index (χ2v) is 8.57. The molecule has 8 heteroatoms. The molecular weight excluding hydrogens is 447 g/mol. The van der Waals surface area contributed by atoms with E-state index in [9.17, 15) is 19.1 Å². The molecule has 0 atom stereocenters. The smallest absolute Gasteiger partial charge is 0.341 e. The molecule has 5 rings (SSSR count). The van der Waals surface area contributed by atoms with Crippen LogP contribution in [0, 0.1) is 5.82 Å². The minimum atomic E-state index is -1.26. The largest absolute Gasteiger partial charge is 0.477 e. The third-order valence-electron chi connectivity index (χ3n) is 6.51. The van der Waals surface area contributed by atoms with Crippen molar-refractivity contribution < 1.29 is 14.3 Å². The predicted octanol–water partition coefficient (Wildman–Crippen LogP) is 3.61. The first-order chi connectivity index (χ1) is 16.9. The number of fused-ring (bicyclic) bond motifs is 1. The number of piperazine rings is 1. The zero-order valence-electron chi connectivity index (χ0n) is 19.0. The molecule has 1 aromatic heterocycles. The van der Waals surface area contributed by atoms with Crippen LogP contribution >= 0.6 is 0 Å². The van der Waals surface area contributed by atoms with E-state index in [2.05, 4.69) is 9.80 Å². The Balaban J connectivity index is 1.51. The molecule has 1 saturated heterocycles. The lowest BCUT2D eigenvalue weighted by molar-refractivity contribution is 0.0695. The van der Waals surface area contributed by atoms with Gasteiger partial charge in [-0.15, -0.1) is 0 Å². The van der Waals surface area contributed by atoms with E-state index in [0.717, 1.165) is 48.8 Å². The summed E-state index contributed by atoms with van der Waals surface area (Å²) >= 11 is 0. The van der Waals surface area contributed by atoms with Crippen LogP contribution in [0.25, 0.3) is 16.6 Å². The van der Waals surface area contributed by atoms with Gasteiger partial charge in [0.1, 0.15) is 11.4 Å². The number of anilines is 2. The van der Waals surface area contributed by atoms with Crippen LogP contribution in [0.1, 0.15) is 15.9 Å². The molecule has 1 aliphatic heterocycles. The summed E-state index contributed by atoms with van der Waals surface area (Å²) in [6.07, 6.45) is 1.39. The number of aromatic nitrogens is 1. The zero-order chi connectivity index (χ0) is 24.5. The van der Waals surface area contributed by atoms with Gasteiger partial charge in [-0.2, -0.15) is 0 Å². The second-order valence-electron chi connectivity index (χ2n) is 8.57. The number of carboxylic acids is 1. The van der Waals surface area contributed by atoms with Crippen molar-refractivity contribution in [1.29, 1.82) is 0 Å². The maximum Gasteiger partial charge on any atom is 0.341 e. The molecule has 7 nitrogen and oxygen atoms in total. The number of hydrogen-bond acceptors (Lipinski definition) is 5. The lowest BCUT2D eigenvalue weighted by atomic mass is 10.1. The van der Waals surface area contributed by atoms with Gasteiger partial charge in [0.15, 0.2) is 0 Å². The highest BCUT2D eigenvalue weighted by atomic mass is 19.1. The van der Waals surface area contributed by atoms with Gasteiger partial charge in [-0.05, 0) is 60.2 Å². The highest BCUT2D eigenvalue weighted by Gasteiger charge is 2.20. The van der Waals surface area contributed by atoms with Crippen LogP contribution < -0.4 is 21.0 Å². The van der Waals surface area contributed by atoms with E-state index in [1.165, 1.54) is 18.3 Å². The maximum absolute atomic E-state index is 13.3. The molecule has 0 aliphatic carbocycles. The van der Waals surface area contributed by atoms with E-state index >= 15 is 0 Å². The van der Waals surface area contributed by atoms with E-state index in [0.29, 0.717) is 17.4 Å². The van der Waals surface area contributed by atoms with Gasteiger partial charge in [-0.25, -0.2) is 9.18 Å². The molecule has 1 fully saturated rings. The number of carboxylic acid groups (broad SMARTS) is 1. The Morgan fingerprint density at radius 2 is 1.43 bits per heavy atom. The number of carbonyl (C=O) groups is 1. The Labute approximate surface area is 201 Å². The maximum atomic E-state index is 13.3. The standard InChI is InChI=1S/C27H25FN4O3/c28-19-3-7-20(8-4-19)30-11-13-31(14-12-30)22-9-10-23-25(15-22)32(17-24(26(23)33)27(34)35)21-5-1-18(16-29)2-6-21/h1-10,15,17H,11-14,16,29H2,(H,34,35). The molecule has 0 saturated carbocycles. The molecule has 0 unspecified atom stereocenters. The molecule has 0 bridgehead atoms. The molecule has 2 heterocycles. The molecule has 1 aliphatic rings. The summed E-state index contributed by atoms with van der Waals surface area (Å²) in [4.78, 5) is 29.1. The van der Waals surface area contributed by atoms with Crippen LogP contribution in [-0.2, 0) is 6.54 Å². The summed E-state index contributed by atoms with van der Waals surface area (Å²) in [7, 11) is 0. The highest BCUT2D eigenvalue weighted by molar-refractivity contribution is 5.94. The Kier molecular flexibility index (Phi) is 5.96. The van der Waals surface area contributed by atoms with Crippen LogP contribution in [0.15, 0.2) is 77.7 Å². The number of benzene rings is 3. The van der Waals surface area contributed by atoms with Crippen LogP contribution in [0.2, 0.25) is 0 Å². The number of hydrogen-bond donors (Lipinski definition) is 2. The van der Waals surface area contributed by atoms with Gasteiger partial charge < -0.3 is 25.2 Å². The fourth-order valence-corrected chi connectivity index (χ4v) is 4.54. The van der Waals surface area contributed by atoms with Gasteiger partial charge in [0.25, 0.3) is 0 Å². The fourth-order valence-electron chi connectivity index (χ4n) is 4.54. The quantitative estimate of drug-likeness (QED) is 0.461. The van der Waals surface area contributed by atoms with E-state index in [4.69, 9.17) is 5.73 Å². The molecule has 3 aromatic carbocycles. The SMILES string of the molecule is NCc1ccc(-n2cc(C(=O)O)c(=O)c3ccc(N4CCN(c5ccc(F)cc5)CC4)cc32)cc1. The summed E-state index contributed by atoms with van der Waals surface area (Å²) < 4.78 is 15.0. The lowest BCUT2D eigenvalue weighted by Gasteiger charge is -2.37. The van der Waals surface area contributed by atoms with E-state index in [1.807, 2.05) is 36.4 Å². The van der Waals surface area contributed by atoms with Crippen LogP contribution in [0.5, 0.6) is 0 Å². The minimum Gasteiger partial charge on any atom is -0.477 e. The van der Waals surface area contributed by atoms with Gasteiger partial charge in [0.05, 0.1) is 5.52 Å². The molecule has 0 spiro atoms. The van der Waals surface area contributed by atoms with Crippen molar-refractivity contribution in [2.75, 3.05) is 36.0 Å². The van der Waals surface area contributed by atoms with E-state index in [1.54, 1.807) is 22.8 Å². The van der Waals surface area contributed by atoms with Gasteiger partial charge in [-0.1, -0.05) is 12.1 Å². The van der Waals surface area contributed by atoms with Crippen molar-refractivity contribution in [3.63, 3.8) is 0 Å². The van der Waals surface area contributed by atoms with Gasteiger partial charge >= 0.3 is 5.97 Å². The minimum absolute atomic E-state index is 0.252.